The fraction of sp³-hybridized carbons (Fsp3) is 0.333. The van der Waals surface area contributed by atoms with Crippen LogP contribution in [0.5, 0.6) is 0 Å². The molecular formula is C18H23Zr. The van der Waals surface area contributed by atoms with Gasteiger partial charge < -0.3 is 0 Å². The van der Waals surface area contributed by atoms with Crippen LogP contribution in [-0.4, -0.2) is 0 Å². The summed E-state index contributed by atoms with van der Waals surface area (Å²) in [6.07, 6.45) is 18.5. The van der Waals surface area contributed by atoms with Crippen molar-refractivity contribution in [3.8, 4) is 0 Å². The molecule has 2 aliphatic rings. The van der Waals surface area contributed by atoms with Crippen molar-refractivity contribution in [1.82, 2.24) is 0 Å². The van der Waals surface area contributed by atoms with Gasteiger partial charge in [-0.05, 0) is 0 Å². The summed E-state index contributed by atoms with van der Waals surface area (Å²) in [5.74, 6) is 0. The van der Waals surface area contributed by atoms with E-state index in [-0.39, 0.29) is 0 Å². The Morgan fingerprint density at radius 3 is 1.89 bits per heavy atom. The average molecular weight is 331 g/mol. The molecule has 0 bridgehead atoms. The third-order valence-corrected chi connectivity index (χ3v) is 11.9. The minimum atomic E-state index is -1.79. The van der Waals surface area contributed by atoms with Crippen LogP contribution in [0, 0.1) is 0 Å². The Hall–Kier alpha value is -0.677. The van der Waals surface area contributed by atoms with Crippen LogP contribution in [0.3, 0.4) is 0 Å². The number of allylic oxidation sites excluding steroid dienone is 12. The Bertz CT molecular complexity index is 506. The molecule has 0 aromatic heterocycles. The molecule has 0 radical (unpaired) electrons. The van der Waals surface area contributed by atoms with Gasteiger partial charge >= 0.3 is 126 Å². The topological polar surface area (TPSA) is 0 Å². The van der Waals surface area contributed by atoms with Crippen LogP contribution < -0.4 is 0 Å². The zero-order valence-electron chi connectivity index (χ0n) is 12.5. The van der Waals surface area contributed by atoms with Crippen LogP contribution >= 0.6 is 0 Å². The van der Waals surface area contributed by atoms with E-state index < -0.39 is 21.8 Å². The second-order valence-corrected chi connectivity index (χ2v) is 12.1. The van der Waals surface area contributed by atoms with Gasteiger partial charge in [-0.2, -0.15) is 0 Å². The average Bonchev–Trinajstić information content (AvgIpc) is 3.10. The Balaban J connectivity index is 2.38. The summed E-state index contributed by atoms with van der Waals surface area (Å²) in [6.45, 7) is 9.07. The first kappa shape index (κ1) is 14.7. The SMILES string of the molecule is CC=C(C)C(C)=[C](C)[Zr]([C]1=CC=CC1)[C]1=CC=CC1. The normalized spacial score (nSPS) is 19.5. The number of hydrogen-bond donors (Lipinski definition) is 0. The van der Waals surface area contributed by atoms with Gasteiger partial charge in [-0.1, -0.05) is 0 Å². The molecule has 0 amide bonds. The number of hydrogen-bond acceptors (Lipinski definition) is 0. The van der Waals surface area contributed by atoms with Crippen LogP contribution in [-0.2, 0) is 21.8 Å². The van der Waals surface area contributed by atoms with E-state index in [1.807, 2.05) is 0 Å². The maximum atomic E-state index is 2.38. The zero-order valence-corrected chi connectivity index (χ0v) is 14.9. The van der Waals surface area contributed by atoms with Crippen LogP contribution in [0.4, 0.5) is 0 Å². The van der Waals surface area contributed by atoms with E-state index in [0.717, 1.165) is 0 Å². The molecule has 2 aliphatic carbocycles. The first-order valence-corrected chi connectivity index (χ1v) is 10.7. The molecule has 0 nitrogen and oxygen atoms in total. The van der Waals surface area contributed by atoms with Crippen LogP contribution in [0.25, 0.3) is 0 Å². The molecule has 99 valence electrons. The molecule has 0 fully saturated rings. The van der Waals surface area contributed by atoms with E-state index in [2.05, 4.69) is 70.2 Å². The van der Waals surface area contributed by atoms with Gasteiger partial charge in [-0.15, -0.1) is 0 Å². The monoisotopic (exact) mass is 329 g/mol. The summed E-state index contributed by atoms with van der Waals surface area (Å²) in [7, 11) is 0. The van der Waals surface area contributed by atoms with E-state index in [9.17, 15) is 0 Å². The van der Waals surface area contributed by atoms with Crippen molar-refractivity contribution >= 4 is 0 Å². The predicted octanol–water partition coefficient (Wildman–Crippen LogP) is 5.55. The van der Waals surface area contributed by atoms with Crippen LogP contribution in [0.2, 0.25) is 0 Å². The molecular weight excluding hydrogens is 307 g/mol. The van der Waals surface area contributed by atoms with Crippen molar-refractivity contribution in [2.75, 3.05) is 0 Å². The predicted molar refractivity (Wildman–Crippen MR) is 81.5 cm³/mol. The molecule has 0 heterocycles. The standard InChI is InChI=1S/C8H13.2C5H5.Zr/c1-5-7(3)8(4)6-2;2*1-2-4-5-3-1;/h5H,1-4H3;2*1-3H,4H2;. The van der Waals surface area contributed by atoms with Gasteiger partial charge in [0, 0.05) is 0 Å². The van der Waals surface area contributed by atoms with Gasteiger partial charge in [0.25, 0.3) is 0 Å². The van der Waals surface area contributed by atoms with Crippen molar-refractivity contribution < 1.29 is 21.8 Å². The van der Waals surface area contributed by atoms with E-state index in [1.165, 1.54) is 24.0 Å². The van der Waals surface area contributed by atoms with Crippen LogP contribution in [0.1, 0.15) is 40.5 Å². The summed E-state index contributed by atoms with van der Waals surface area (Å²) in [4.78, 5) is 0. The summed E-state index contributed by atoms with van der Waals surface area (Å²) in [6, 6.07) is 0. The van der Waals surface area contributed by atoms with Crippen molar-refractivity contribution in [2.24, 2.45) is 0 Å². The zero-order chi connectivity index (χ0) is 13.8. The molecule has 0 saturated carbocycles. The Morgan fingerprint density at radius 2 is 1.53 bits per heavy atom. The molecule has 0 saturated heterocycles. The second-order valence-electron chi connectivity index (χ2n) is 5.25. The number of rotatable bonds is 4. The molecule has 0 spiro atoms. The molecule has 0 aromatic rings. The third-order valence-electron chi connectivity index (χ3n) is 4.15. The first-order chi connectivity index (χ1) is 9.15. The summed E-state index contributed by atoms with van der Waals surface area (Å²) in [5, 5.41) is 0. The van der Waals surface area contributed by atoms with E-state index in [0.29, 0.717) is 0 Å². The molecule has 1 heteroatoms. The van der Waals surface area contributed by atoms with Crippen molar-refractivity contribution in [2.45, 2.75) is 40.5 Å². The van der Waals surface area contributed by atoms with Crippen molar-refractivity contribution in [3.05, 3.63) is 63.5 Å². The van der Waals surface area contributed by atoms with Crippen LogP contribution in [0.15, 0.2) is 63.5 Å². The quantitative estimate of drug-likeness (QED) is 0.593. The molecule has 0 aliphatic heterocycles. The molecule has 19 heavy (non-hydrogen) atoms. The fourth-order valence-electron chi connectivity index (χ4n) is 2.65. The maximum absolute atomic E-state index is 2.38. The van der Waals surface area contributed by atoms with Gasteiger partial charge in [0.2, 0.25) is 0 Å². The Labute approximate surface area is 125 Å². The van der Waals surface area contributed by atoms with E-state index in [1.54, 1.807) is 9.84 Å². The fourth-order valence-corrected chi connectivity index (χ4v) is 10.3. The van der Waals surface area contributed by atoms with Gasteiger partial charge in [0.1, 0.15) is 0 Å². The molecule has 0 unspecified atom stereocenters. The molecule has 2 rings (SSSR count). The van der Waals surface area contributed by atoms with Gasteiger partial charge in [0.05, 0.1) is 0 Å². The molecule has 0 aromatic carbocycles. The van der Waals surface area contributed by atoms with E-state index in [4.69, 9.17) is 0 Å². The summed E-state index contributed by atoms with van der Waals surface area (Å²) < 4.78 is 5.17. The third kappa shape index (κ3) is 3.26. The molecule has 0 N–H and O–H groups in total. The Morgan fingerprint density at radius 1 is 1.00 bits per heavy atom. The second kappa shape index (κ2) is 6.66. The first-order valence-electron chi connectivity index (χ1n) is 7.05. The summed E-state index contributed by atoms with van der Waals surface area (Å²) >= 11 is -1.79. The summed E-state index contributed by atoms with van der Waals surface area (Å²) in [5.41, 5.74) is 2.96. The minimum absolute atomic E-state index is 1.19. The van der Waals surface area contributed by atoms with Crippen molar-refractivity contribution in [3.63, 3.8) is 0 Å². The van der Waals surface area contributed by atoms with E-state index >= 15 is 0 Å². The van der Waals surface area contributed by atoms with Crippen molar-refractivity contribution in [1.29, 1.82) is 0 Å². The van der Waals surface area contributed by atoms with Gasteiger partial charge in [-0.3, -0.25) is 0 Å². The Kier molecular flexibility index (Phi) is 5.16. The van der Waals surface area contributed by atoms with Gasteiger partial charge in [-0.25, -0.2) is 0 Å². The van der Waals surface area contributed by atoms with Gasteiger partial charge in [0.15, 0.2) is 0 Å². The molecule has 0 atom stereocenters.